The summed E-state index contributed by atoms with van der Waals surface area (Å²) >= 11 is 0. The predicted molar refractivity (Wildman–Crippen MR) is 64.2 cm³/mol. The molecule has 88 valence electrons. The van der Waals surface area contributed by atoms with Gasteiger partial charge in [0.2, 0.25) is 0 Å². The minimum absolute atomic E-state index is 0.733. The number of nitrogens with zero attached hydrogens (tertiary/aromatic N) is 2. The van der Waals surface area contributed by atoms with Gasteiger partial charge in [0.1, 0.15) is 0 Å². The molecule has 2 atom stereocenters. The first-order valence-corrected chi connectivity index (χ1v) is 6.33. The van der Waals surface area contributed by atoms with Crippen LogP contribution >= 0.6 is 0 Å². The van der Waals surface area contributed by atoms with Gasteiger partial charge in [0, 0.05) is 31.2 Å². The van der Waals surface area contributed by atoms with Crippen molar-refractivity contribution >= 4 is 0 Å². The molecule has 15 heavy (non-hydrogen) atoms. The average Bonchev–Trinajstić information content (AvgIpc) is 3.03. The van der Waals surface area contributed by atoms with Crippen molar-refractivity contribution in [3.05, 3.63) is 0 Å². The molecule has 0 bridgehead atoms. The predicted octanol–water partition coefficient (Wildman–Crippen LogP) is 0.763. The SMILES string of the molecule is CNCCC1CN(C)C(C)CN1C1CC1. The minimum atomic E-state index is 0.733. The van der Waals surface area contributed by atoms with Crippen molar-refractivity contribution in [3.8, 4) is 0 Å². The molecule has 1 aliphatic carbocycles. The summed E-state index contributed by atoms with van der Waals surface area (Å²) in [6.07, 6.45) is 4.17. The highest BCUT2D eigenvalue weighted by Gasteiger charge is 2.38. The Morgan fingerprint density at radius 1 is 1.27 bits per heavy atom. The van der Waals surface area contributed by atoms with Crippen LogP contribution in [0.4, 0.5) is 0 Å². The van der Waals surface area contributed by atoms with Crippen LogP contribution in [0.15, 0.2) is 0 Å². The van der Waals surface area contributed by atoms with E-state index in [1.165, 1.54) is 32.4 Å². The molecule has 3 heteroatoms. The number of hydrogen-bond acceptors (Lipinski definition) is 3. The third-order valence-corrected chi connectivity index (χ3v) is 3.94. The molecule has 1 saturated carbocycles. The molecule has 0 aromatic heterocycles. The topological polar surface area (TPSA) is 18.5 Å². The van der Waals surface area contributed by atoms with E-state index >= 15 is 0 Å². The summed E-state index contributed by atoms with van der Waals surface area (Å²) in [7, 11) is 4.32. The van der Waals surface area contributed by atoms with Crippen LogP contribution in [0.25, 0.3) is 0 Å². The summed E-state index contributed by atoms with van der Waals surface area (Å²) in [5.74, 6) is 0. The lowest BCUT2D eigenvalue weighted by molar-refractivity contribution is 0.0420. The van der Waals surface area contributed by atoms with Crippen LogP contribution in [-0.4, -0.2) is 61.7 Å². The molecule has 1 saturated heterocycles. The van der Waals surface area contributed by atoms with E-state index in [4.69, 9.17) is 0 Å². The number of nitrogens with one attached hydrogen (secondary N) is 1. The van der Waals surface area contributed by atoms with E-state index in [-0.39, 0.29) is 0 Å². The first kappa shape index (κ1) is 11.4. The standard InChI is InChI=1S/C12H25N3/c1-10-8-15(11-4-5-11)12(6-7-13-2)9-14(10)3/h10-13H,4-9H2,1-3H3. The monoisotopic (exact) mass is 211 g/mol. The number of likely N-dealkylation sites (N-methyl/N-ethyl adjacent to an activating group) is 1. The second-order valence-electron chi connectivity index (χ2n) is 5.26. The van der Waals surface area contributed by atoms with Gasteiger partial charge in [-0.3, -0.25) is 4.90 Å². The third-order valence-electron chi connectivity index (χ3n) is 3.94. The van der Waals surface area contributed by atoms with Gasteiger partial charge in [-0.05, 0) is 46.8 Å². The summed E-state index contributed by atoms with van der Waals surface area (Å²) < 4.78 is 0. The molecule has 0 aromatic rings. The van der Waals surface area contributed by atoms with E-state index in [2.05, 4.69) is 36.1 Å². The second kappa shape index (κ2) is 4.81. The lowest BCUT2D eigenvalue weighted by Crippen LogP contribution is -2.57. The summed E-state index contributed by atoms with van der Waals surface area (Å²) in [6, 6.07) is 2.44. The Morgan fingerprint density at radius 2 is 2.00 bits per heavy atom. The molecule has 1 heterocycles. The maximum absolute atomic E-state index is 3.28. The fraction of sp³-hybridized carbons (Fsp3) is 1.00. The van der Waals surface area contributed by atoms with Gasteiger partial charge in [-0.1, -0.05) is 0 Å². The van der Waals surface area contributed by atoms with Crippen LogP contribution in [0, 0.1) is 0 Å². The van der Waals surface area contributed by atoms with Gasteiger partial charge >= 0.3 is 0 Å². The highest BCUT2D eigenvalue weighted by molar-refractivity contribution is 4.94. The van der Waals surface area contributed by atoms with Crippen LogP contribution in [-0.2, 0) is 0 Å². The van der Waals surface area contributed by atoms with Crippen molar-refractivity contribution in [2.45, 2.75) is 44.3 Å². The Morgan fingerprint density at radius 3 is 2.60 bits per heavy atom. The molecular weight excluding hydrogens is 186 g/mol. The quantitative estimate of drug-likeness (QED) is 0.741. The highest BCUT2D eigenvalue weighted by atomic mass is 15.3. The van der Waals surface area contributed by atoms with Crippen molar-refractivity contribution < 1.29 is 0 Å². The first-order valence-electron chi connectivity index (χ1n) is 6.33. The molecule has 2 rings (SSSR count). The fourth-order valence-corrected chi connectivity index (χ4v) is 2.63. The lowest BCUT2D eigenvalue weighted by atomic mass is 10.0. The van der Waals surface area contributed by atoms with Gasteiger partial charge in [-0.25, -0.2) is 0 Å². The molecule has 0 radical (unpaired) electrons. The molecular formula is C12H25N3. The van der Waals surface area contributed by atoms with E-state index in [1.807, 2.05) is 0 Å². The maximum atomic E-state index is 3.28. The summed E-state index contributed by atoms with van der Waals surface area (Å²) in [5.41, 5.74) is 0. The Hall–Kier alpha value is -0.120. The van der Waals surface area contributed by atoms with Crippen LogP contribution in [0.5, 0.6) is 0 Å². The highest BCUT2D eigenvalue weighted by Crippen LogP contribution is 2.32. The number of piperazine rings is 1. The van der Waals surface area contributed by atoms with Crippen molar-refractivity contribution in [2.75, 3.05) is 33.7 Å². The van der Waals surface area contributed by atoms with Gasteiger partial charge in [0.05, 0.1) is 0 Å². The molecule has 1 N–H and O–H groups in total. The van der Waals surface area contributed by atoms with Gasteiger partial charge < -0.3 is 10.2 Å². The van der Waals surface area contributed by atoms with Crippen molar-refractivity contribution in [2.24, 2.45) is 0 Å². The Labute approximate surface area is 93.8 Å². The van der Waals surface area contributed by atoms with Crippen LogP contribution in [0.3, 0.4) is 0 Å². The molecule has 0 aromatic carbocycles. The van der Waals surface area contributed by atoms with E-state index < -0.39 is 0 Å². The zero-order valence-electron chi connectivity index (χ0n) is 10.4. The van der Waals surface area contributed by atoms with Gasteiger partial charge in [0.15, 0.2) is 0 Å². The Kier molecular flexibility index (Phi) is 3.65. The largest absolute Gasteiger partial charge is 0.320 e. The van der Waals surface area contributed by atoms with Gasteiger partial charge in [0.25, 0.3) is 0 Å². The molecule has 0 amide bonds. The average molecular weight is 211 g/mol. The van der Waals surface area contributed by atoms with Gasteiger partial charge in [-0.2, -0.15) is 0 Å². The first-order chi connectivity index (χ1) is 7.22. The minimum Gasteiger partial charge on any atom is -0.320 e. The molecule has 2 aliphatic rings. The third kappa shape index (κ3) is 2.71. The number of rotatable bonds is 4. The number of hydrogen-bond donors (Lipinski definition) is 1. The Balaban J connectivity index is 1.91. The molecule has 2 fully saturated rings. The Bertz CT molecular complexity index is 203. The van der Waals surface area contributed by atoms with E-state index in [1.54, 1.807) is 0 Å². The maximum Gasteiger partial charge on any atom is 0.0238 e. The van der Waals surface area contributed by atoms with Crippen LogP contribution in [0.2, 0.25) is 0 Å². The fourth-order valence-electron chi connectivity index (χ4n) is 2.63. The zero-order chi connectivity index (χ0) is 10.8. The van der Waals surface area contributed by atoms with Crippen molar-refractivity contribution in [1.82, 2.24) is 15.1 Å². The molecule has 2 unspecified atom stereocenters. The smallest absolute Gasteiger partial charge is 0.0238 e. The molecule has 3 nitrogen and oxygen atoms in total. The van der Waals surface area contributed by atoms with E-state index in [9.17, 15) is 0 Å². The molecule has 1 aliphatic heterocycles. The van der Waals surface area contributed by atoms with Crippen LogP contribution < -0.4 is 5.32 Å². The lowest BCUT2D eigenvalue weighted by Gasteiger charge is -2.44. The van der Waals surface area contributed by atoms with E-state index in [0.29, 0.717) is 0 Å². The molecule has 0 spiro atoms. The second-order valence-corrected chi connectivity index (χ2v) is 5.26. The van der Waals surface area contributed by atoms with E-state index in [0.717, 1.165) is 24.7 Å². The summed E-state index contributed by atoms with van der Waals surface area (Å²) in [5, 5.41) is 3.28. The van der Waals surface area contributed by atoms with Gasteiger partial charge in [-0.15, -0.1) is 0 Å². The summed E-state index contributed by atoms with van der Waals surface area (Å²) in [6.45, 7) is 6.02. The normalized spacial score (nSPS) is 34.6. The summed E-state index contributed by atoms with van der Waals surface area (Å²) in [4.78, 5) is 5.28. The van der Waals surface area contributed by atoms with Crippen molar-refractivity contribution in [3.63, 3.8) is 0 Å². The zero-order valence-corrected chi connectivity index (χ0v) is 10.4. The van der Waals surface area contributed by atoms with Crippen LogP contribution in [0.1, 0.15) is 26.2 Å². The van der Waals surface area contributed by atoms with Crippen molar-refractivity contribution in [1.29, 1.82) is 0 Å².